The number of hydrogen-bond donors (Lipinski definition) is 3. The Bertz CT molecular complexity index is 898. The molecule has 0 bridgehead atoms. The molecule has 146 valence electrons. The van der Waals surface area contributed by atoms with Gasteiger partial charge in [-0.15, -0.1) is 11.3 Å². The molecular formula is C18H19BN2O6S. The van der Waals surface area contributed by atoms with Crippen LogP contribution >= 0.6 is 11.3 Å². The van der Waals surface area contributed by atoms with E-state index in [-0.39, 0.29) is 23.2 Å². The number of amidine groups is 1. The van der Waals surface area contributed by atoms with Gasteiger partial charge in [0.2, 0.25) is 0 Å². The van der Waals surface area contributed by atoms with Gasteiger partial charge in [-0.1, -0.05) is 17.3 Å². The highest BCUT2D eigenvalue weighted by molar-refractivity contribution is 7.10. The molecule has 0 aliphatic carbocycles. The van der Waals surface area contributed by atoms with E-state index < -0.39 is 13.1 Å². The molecule has 0 saturated carbocycles. The lowest BCUT2D eigenvalue weighted by Crippen LogP contribution is -2.56. The Kier molecular flexibility index (Phi) is 5.14. The number of hydrogen-bond acceptors (Lipinski definition) is 7. The van der Waals surface area contributed by atoms with Gasteiger partial charge in [-0.2, -0.15) is 0 Å². The molecule has 1 aromatic carbocycles. The number of ether oxygens (including phenoxy) is 1. The van der Waals surface area contributed by atoms with Gasteiger partial charge in [0.25, 0.3) is 0 Å². The van der Waals surface area contributed by atoms with Crippen LogP contribution in [-0.4, -0.2) is 58.4 Å². The smallest absolute Gasteiger partial charge is 0.522 e. The summed E-state index contributed by atoms with van der Waals surface area (Å²) in [6.07, 6.45) is 1.28. The normalized spacial score (nSPS) is 17.0. The lowest BCUT2D eigenvalue weighted by atomic mass is 9.78. The van der Waals surface area contributed by atoms with E-state index in [4.69, 9.17) is 9.39 Å². The van der Waals surface area contributed by atoms with Crippen LogP contribution in [0.4, 0.5) is 0 Å². The van der Waals surface area contributed by atoms with Crippen molar-refractivity contribution in [3.63, 3.8) is 0 Å². The molecule has 10 heteroatoms. The highest BCUT2D eigenvalue weighted by atomic mass is 32.1. The lowest BCUT2D eigenvalue weighted by Gasteiger charge is -2.40. The zero-order chi connectivity index (χ0) is 19.7. The summed E-state index contributed by atoms with van der Waals surface area (Å²) in [4.78, 5) is 14.8. The first-order valence-corrected chi connectivity index (χ1v) is 9.82. The number of carboxylic acids is 1. The van der Waals surface area contributed by atoms with E-state index in [9.17, 15) is 20.1 Å². The van der Waals surface area contributed by atoms with Crippen molar-refractivity contribution in [1.82, 2.24) is 4.90 Å². The first-order valence-electron chi connectivity index (χ1n) is 8.94. The van der Waals surface area contributed by atoms with Gasteiger partial charge < -0.3 is 29.6 Å². The Morgan fingerprint density at radius 2 is 2.21 bits per heavy atom. The van der Waals surface area contributed by atoms with Gasteiger partial charge in [0, 0.05) is 11.3 Å². The van der Waals surface area contributed by atoms with Crippen molar-refractivity contribution in [3.05, 3.63) is 45.6 Å². The molecule has 0 spiro atoms. The van der Waals surface area contributed by atoms with E-state index in [0.29, 0.717) is 38.1 Å². The van der Waals surface area contributed by atoms with E-state index in [1.54, 1.807) is 23.5 Å². The van der Waals surface area contributed by atoms with Crippen LogP contribution in [0, 0.1) is 0 Å². The second kappa shape index (κ2) is 7.73. The fraction of sp³-hybridized carbons (Fsp3) is 0.333. The SMILES string of the molecule is O=C(O)c1c(OC2CN(/C(Cc3cccs3)=N\O)C2)ccc2c1OB(O)CC2. The fourth-order valence-electron chi connectivity index (χ4n) is 3.40. The topological polar surface area (TPSA) is 112 Å². The zero-order valence-electron chi connectivity index (χ0n) is 14.9. The minimum atomic E-state index is -1.16. The molecule has 0 atom stereocenters. The van der Waals surface area contributed by atoms with Gasteiger partial charge in [-0.3, -0.25) is 0 Å². The summed E-state index contributed by atoms with van der Waals surface area (Å²) in [6.45, 7) is 0.981. The minimum absolute atomic E-state index is 0.0654. The van der Waals surface area contributed by atoms with Crippen LogP contribution < -0.4 is 9.39 Å². The standard InChI is InChI=1S/C18H19BN2O6S/c22-18(23)16-14(4-3-11-5-6-19(24)27-17(11)16)26-12-9-21(10-12)15(20-25)8-13-2-1-7-28-13/h1-4,7,12,24-25H,5-6,8-10H2,(H,22,23)/b20-15-. The molecule has 28 heavy (non-hydrogen) atoms. The number of rotatable bonds is 5. The highest BCUT2D eigenvalue weighted by Crippen LogP contribution is 2.37. The molecule has 1 fully saturated rings. The summed E-state index contributed by atoms with van der Waals surface area (Å²) in [5, 5.41) is 34.0. The number of nitrogens with zero attached hydrogens (tertiary/aromatic N) is 2. The zero-order valence-corrected chi connectivity index (χ0v) is 15.8. The minimum Gasteiger partial charge on any atom is -0.535 e. The van der Waals surface area contributed by atoms with Crippen LogP contribution in [0.2, 0.25) is 6.32 Å². The molecule has 0 unspecified atom stereocenters. The highest BCUT2D eigenvalue weighted by Gasteiger charge is 2.35. The maximum atomic E-state index is 11.8. The molecule has 8 nitrogen and oxygen atoms in total. The van der Waals surface area contributed by atoms with Crippen LogP contribution in [0.25, 0.3) is 0 Å². The summed E-state index contributed by atoms with van der Waals surface area (Å²) in [6, 6.07) is 7.33. The third-order valence-corrected chi connectivity index (χ3v) is 5.74. The Balaban J connectivity index is 1.44. The van der Waals surface area contributed by atoms with Crippen molar-refractivity contribution >= 4 is 30.3 Å². The molecule has 1 aromatic heterocycles. The summed E-state index contributed by atoms with van der Waals surface area (Å²) >= 11 is 1.59. The van der Waals surface area contributed by atoms with E-state index >= 15 is 0 Å². The van der Waals surface area contributed by atoms with Gasteiger partial charge in [0.1, 0.15) is 29.0 Å². The molecule has 3 N–H and O–H groups in total. The Morgan fingerprint density at radius 1 is 1.39 bits per heavy atom. The van der Waals surface area contributed by atoms with Gasteiger partial charge in [0.15, 0.2) is 0 Å². The van der Waals surface area contributed by atoms with Crippen LogP contribution in [0.5, 0.6) is 11.5 Å². The number of fused-ring (bicyclic) bond motifs is 1. The molecular weight excluding hydrogens is 383 g/mol. The Morgan fingerprint density at radius 3 is 2.89 bits per heavy atom. The molecule has 0 radical (unpaired) electrons. The summed E-state index contributed by atoms with van der Waals surface area (Å²) in [5.74, 6) is -0.217. The maximum Gasteiger partial charge on any atom is 0.522 e. The summed E-state index contributed by atoms with van der Waals surface area (Å²) < 4.78 is 11.3. The van der Waals surface area contributed by atoms with Gasteiger partial charge in [0.05, 0.1) is 13.1 Å². The summed E-state index contributed by atoms with van der Waals surface area (Å²) in [7, 11) is -1.01. The number of likely N-dealkylation sites (tertiary alicyclic amines) is 1. The number of thiophene rings is 1. The molecule has 1 saturated heterocycles. The number of oxime groups is 1. The first kappa shape index (κ1) is 18.6. The van der Waals surface area contributed by atoms with Crippen molar-refractivity contribution in [2.75, 3.05) is 13.1 Å². The van der Waals surface area contributed by atoms with Crippen molar-refractivity contribution in [3.8, 4) is 11.5 Å². The predicted octanol–water partition coefficient (Wildman–Crippen LogP) is 1.96. The molecule has 2 aliphatic rings. The number of aromatic carboxylic acids is 1. The summed E-state index contributed by atoms with van der Waals surface area (Å²) in [5.41, 5.74) is 0.681. The van der Waals surface area contributed by atoms with Crippen LogP contribution in [-0.2, 0) is 12.8 Å². The maximum absolute atomic E-state index is 11.8. The van der Waals surface area contributed by atoms with E-state index in [2.05, 4.69) is 5.16 Å². The third kappa shape index (κ3) is 3.65. The molecule has 2 aliphatic heterocycles. The third-order valence-electron chi connectivity index (χ3n) is 4.86. The van der Waals surface area contributed by atoms with Crippen LogP contribution in [0.15, 0.2) is 34.8 Å². The van der Waals surface area contributed by atoms with Gasteiger partial charge in [-0.25, -0.2) is 4.79 Å². The van der Waals surface area contributed by atoms with E-state index in [0.717, 1.165) is 10.4 Å². The van der Waals surface area contributed by atoms with Crippen molar-refractivity contribution in [1.29, 1.82) is 0 Å². The first-order chi connectivity index (χ1) is 13.5. The second-order valence-corrected chi connectivity index (χ2v) is 7.79. The number of carbonyl (C=O) groups is 1. The lowest BCUT2D eigenvalue weighted by molar-refractivity contribution is 0.0578. The van der Waals surface area contributed by atoms with E-state index in [1.165, 1.54) is 0 Å². The van der Waals surface area contributed by atoms with Gasteiger partial charge in [-0.05, 0) is 35.8 Å². The van der Waals surface area contributed by atoms with Crippen LogP contribution in [0.3, 0.4) is 0 Å². The molecule has 4 rings (SSSR count). The molecule has 2 aromatic rings. The number of carboxylic acid groups (broad SMARTS) is 1. The molecule has 3 heterocycles. The van der Waals surface area contributed by atoms with Crippen molar-refractivity contribution in [2.45, 2.75) is 25.3 Å². The largest absolute Gasteiger partial charge is 0.535 e. The van der Waals surface area contributed by atoms with Crippen LogP contribution in [0.1, 0.15) is 20.8 Å². The predicted molar refractivity (Wildman–Crippen MR) is 104 cm³/mol. The molecule has 0 amide bonds. The van der Waals surface area contributed by atoms with Gasteiger partial charge >= 0.3 is 13.1 Å². The quantitative estimate of drug-likeness (QED) is 0.230. The Hall–Kier alpha value is -2.72. The average molecular weight is 402 g/mol. The van der Waals surface area contributed by atoms with E-state index in [1.807, 2.05) is 22.4 Å². The Labute approximate surface area is 165 Å². The average Bonchev–Trinajstić information content (AvgIpc) is 3.15. The fourth-order valence-corrected chi connectivity index (χ4v) is 4.10. The second-order valence-electron chi connectivity index (χ2n) is 6.76. The van der Waals surface area contributed by atoms with Crippen molar-refractivity contribution < 1.29 is 29.5 Å². The number of benzene rings is 1. The monoisotopic (exact) mass is 402 g/mol. The number of aryl methyl sites for hydroxylation is 1. The van der Waals surface area contributed by atoms with Crippen molar-refractivity contribution in [2.24, 2.45) is 5.16 Å².